The molecule has 0 fully saturated rings. The van der Waals surface area contributed by atoms with Gasteiger partial charge in [-0.3, -0.25) is 0 Å². The summed E-state index contributed by atoms with van der Waals surface area (Å²) in [6.45, 7) is 0. The fourth-order valence-electron chi connectivity index (χ4n) is 0.100. The van der Waals surface area contributed by atoms with Crippen molar-refractivity contribution in [2.75, 3.05) is 0 Å². The Labute approximate surface area is 76.3 Å². The van der Waals surface area contributed by atoms with E-state index in [1.54, 1.807) is 0 Å². The number of hydrogen-bond acceptors (Lipinski definition) is 4. The van der Waals surface area contributed by atoms with Crippen LogP contribution in [0.15, 0.2) is 0 Å². The van der Waals surface area contributed by atoms with Gasteiger partial charge in [0.15, 0.2) is 0 Å². The average Bonchev–Trinajstić information content (AvgIpc) is 1.76. The van der Waals surface area contributed by atoms with E-state index in [1.807, 2.05) is 0 Å². The quantitative estimate of drug-likeness (QED) is 0.391. The molecule has 1 rings (SSSR count). The molecule has 0 unspecified atom stereocenters. The van der Waals surface area contributed by atoms with E-state index in [-0.39, 0.29) is 51.4 Å². The van der Waals surface area contributed by atoms with Crippen molar-refractivity contribution in [1.29, 1.82) is 0 Å². The molecule has 0 bridgehead atoms. The number of aromatic nitrogens is 5. The average molecular weight is 111 g/mol. The molecule has 0 aliphatic carbocycles. The molecule has 0 saturated heterocycles. The minimum atomic E-state index is 0. The summed E-state index contributed by atoms with van der Waals surface area (Å²) in [5.41, 5.74) is 0. The summed E-state index contributed by atoms with van der Waals surface area (Å²) < 4.78 is 0. The van der Waals surface area contributed by atoms with E-state index in [1.165, 1.54) is 0 Å². The second-order valence-electron chi connectivity index (χ2n) is 0.479. The van der Waals surface area contributed by atoms with Crippen molar-refractivity contribution < 1.29 is 0 Å². The van der Waals surface area contributed by atoms with Crippen LogP contribution in [0.1, 0.15) is 0 Å². The van der Waals surface area contributed by atoms with E-state index in [0.29, 0.717) is 0 Å². The van der Waals surface area contributed by atoms with E-state index in [2.05, 4.69) is 26.1 Å². The number of H-pyrrole nitrogens is 1. The minimum Gasteiger partial charge on any atom is -0.157 e. The molecular weight excluding hydrogens is 109 g/mol. The Morgan fingerprint density at radius 3 is 1.67 bits per heavy atom. The molecule has 0 atom stereocenters. The van der Waals surface area contributed by atoms with Crippen LogP contribution in [0, 0.1) is 0 Å². The molecule has 0 spiro atoms. The van der Waals surface area contributed by atoms with Crippen molar-refractivity contribution in [3.63, 3.8) is 0 Å². The third kappa shape index (κ3) is 1.93. The fourth-order valence-corrected chi connectivity index (χ4v) is 0.100. The van der Waals surface area contributed by atoms with Crippen LogP contribution < -0.4 is 0 Å². The van der Waals surface area contributed by atoms with E-state index >= 15 is 0 Å². The number of nitrogens with zero attached hydrogens (tertiary/aromatic N) is 4. The van der Waals surface area contributed by atoms with E-state index in [0.717, 1.165) is 0 Å². The molecule has 1 aromatic rings. The predicted molar refractivity (Wildman–Crippen MR) is 19.1 cm³/mol. The molecule has 6 heteroatoms. The van der Waals surface area contributed by atoms with Crippen LogP contribution in [0.3, 0.4) is 0 Å². The molecule has 1 aromatic heterocycles. The van der Waals surface area contributed by atoms with Crippen molar-refractivity contribution >= 4 is 51.4 Å². The molecule has 5 nitrogen and oxygen atoms in total. The largest absolute Gasteiger partial charge is 0.157 e. The normalized spacial score (nSPS) is 6.67. The van der Waals surface area contributed by atoms with Crippen molar-refractivity contribution in [2.45, 2.75) is 0 Å². The first kappa shape index (κ1) is 6.64. The molecule has 0 saturated carbocycles. The summed E-state index contributed by atoms with van der Waals surface area (Å²) in [7, 11) is 0. The van der Waals surface area contributed by atoms with Gasteiger partial charge in [-0.15, -0.1) is 0 Å². The van der Waals surface area contributed by atoms with E-state index in [4.69, 9.17) is 0 Å². The maximum atomic E-state index is 3.12. The summed E-state index contributed by atoms with van der Waals surface area (Å²) in [4.78, 5) is 0. The molecule has 1 N–H and O–H groups in total. The van der Waals surface area contributed by atoms with Gasteiger partial charge in [-0.1, -0.05) is 0 Å². The predicted octanol–water partition coefficient (Wildman–Crippen LogP) is -2.05. The van der Waals surface area contributed by atoms with E-state index in [9.17, 15) is 0 Å². The van der Waals surface area contributed by atoms with Crippen LogP contribution in [-0.4, -0.2) is 77.5 Å². The van der Waals surface area contributed by atoms with Crippen LogP contribution in [0.2, 0.25) is 0 Å². The molecule has 0 radical (unpaired) electrons. The summed E-state index contributed by atoms with van der Waals surface area (Å²) in [6.07, 6.45) is 0. The Bertz CT molecular complexity index is 60.4. The van der Waals surface area contributed by atoms with Crippen LogP contribution in [0.5, 0.6) is 0 Å². The Morgan fingerprint density at radius 1 is 1.00 bits per heavy atom. The van der Waals surface area contributed by atoms with Crippen LogP contribution in [0.4, 0.5) is 0 Å². The number of aromatic amines is 1. The van der Waals surface area contributed by atoms with Gasteiger partial charge in [-0.2, -0.15) is 5.21 Å². The van der Waals surface area contributed by atoms with E-state index < -0.39 is 0 Å². The van der Waals surface area contributed by atoms with Crippen molar-refractivity contribution in [3.05, 3.63) is 0 Å². The molecule has 0 aromatic carbocycles. The Hall–Kier alpha value is 0.636. The SMILES string of the molecule is [KH].n1nn[nH]n1. The fraction of sp³-hybridized carbons (Fsp3) is 0. The third-order valence-electron chi connectivity index (χ3n) is 0.219. The zero-order valence-electron chi connectivity index (χ0n) is 2.29. The van der Waals surface area contributed by atoms with Crippen molar-refractivity contribution in [3.8, 4) is 0 Å². The summed E-state index contributed by atoms with van der Waals surface area (Å²) in [5, 5.41) is 14.5. The van der Waals surface area contributed by atoms with Gasteiger partial charge in [0.25, 0.3) is 0 Å². The zero-order valence-corrected chi connectivity index (χ0v) is 2.29. The molecule has 28 valence electrons. The maximum absolute atomic E-state index is 3.12. The second-order valence-corrected chi connectivity index (χ2v) is 0.479. The monoisotopic (exact) mass is 111 g/mol. The second kappa shape index (κ2) is 3.81. The summed E-state index contributed by atoms with van der Waals surface area (Å²) in [6, 6.07) is 0. The van der Waals surface area contributed by atoms with Gasteiger partial charge >= 0.3 is 51.4 Å². The zero-order chi connectivity index (χ0) is 3.54. The molecule has 6 heavy (non-hydrogen) atoms. The first-order valence-corrected chi connectivity index (χ1v) is 1.05. The maximum Gasteiger partial charge on any atom is -0.00217 e. The molecular formula is H2KN5. The van der Waals surface area contributed by atoms with Crippen LogP contribution >= 0.6 is 0 Å². The van der Waals surface area contributed by atoms with Gasteiger partial charge in [-0.25, -0.2) is 0 Å². The molecule has 1 heterocycles. The topological polar surface area (TPSA) is 67.3 Å². The van der Waals surface area contributed by atoms with Crippen molar-refractivity contribution in [2.24, 2.45) is 0 Å². The van der Waals surface area contributed by atoms with Gasteiger partial charge in [0, 0.05) is 0 Å². The Balaban J connectivity index is 0.000000250. The minimum absolute atomic E-state index is 0. The summed E-state index contributed by atoms with van der Waals surface area (Å²) >= 11 is 0. The first-order valence-electron chi connectivity index (χ1n) is 1.05. The van der Waals surface area contributed by atoms with Gasteiger partial charge in [0.05, 0.1) is 0 Å². The van der Waals surface area contributed by atoms with Gasteiger partial charge < -0.3 is 0 Å². The van der Waals surface area contributed by atoms with Crippen LogP contribution in [0.25, 0.3) is 0 Å². The molecule has 0 amide bonds. The molecule has 0 aliphatic heterocycles. The van der Waals surface area contributed by atoms with Gasteiger partial charge in [-0.05, 0) is 20.9 Å². The van der Waals surface area contributed by atoms with Gasteiger partial charge in [0.1, 0.15) is 0 Å². The van der Waals surface area contributed by atoms with Crippen molar-refractivity contribution in [1.82, 2.24) is 26.1 Å². The Kier molecular flexibility index (Phi) is 4.22. The number of nitrogens with one attached hydrogen (secondary N) is 1. The number of hydrogen-bond donors (Lipinski definition) is 1. The smallest absolute Gasteiger partial charge is 0.00217 e. The van der Waals surface area contributed by atoms with Gasteiger partial charge in [0.2, 0.25) is 0 Å². The Morgan fingerprint density at radius 2 is 1.50 bits per heavy atom. The first-order chi connectivity index (χ1) is 2.50. The number of rotatable bonds is 0. The standard InChI is InChI=1S/K.HN5.H/c;1-2-4-5-3-1;/h;(H,1,2,3,4,5);. The third-order valence-corrected chi connectivity index (χ3v) is 0.219. The molecule has 0 aliphatic rings. The van der Waals surface area contributed by atoms with Crippen LogP contribution in [-0.2, 0) is 0 Å². The summed E-state index contributed by atoms with van der Waals surface area (Å²) in [5.74, 6) is 0.